The molecule has 1 unspecified atom stereocenters. The van der Waals surface area contributed by atoms with Crippen molar-refractivity contribution in [1.82, 2.24) is 0 Å². The molecule has 0 fully saturated rings. The summed E-state index contributed by atoms with van der Waals surface area (Å²) in [4.78, 5) is 0. The third kappa shape index (κ3) is 4.15. The molecule has 0 amide bonds. The summed E-state index contributed by atoms with van der Waals surface area (Å²) in [5.41, 5.74) is -6.40. The second-order valence-corrected chi connectivity index (χ2v) is 5.52. The van der Waals surface area contributed by atoms with E-state index in [0.717, 1.165) is 0 Å². The molecular formula is C7H3F13O3S. The van der Waals surface area contributed by atoms with E-state index in [1.807, 2.05) is 0 Å². The van der Waals surface area contributed by atoms with Crippen molar-refractivity contribution in [1.29, 1.82) is 0 Å². The van der Waals surface area contributed by atoms with Gasteiger partial charge in [-0.05, 0) is 0 Å². The van der Waals surface area contributed by atoms with Gasteiger partial charge in [-0.15, -0.1) is 0 Å². The summed E-state index contributed by atoms with van der Waals surface area (Å²) >= 11 is 0. The molecule has 0 rings (SSSR count). The molecule has 3 nitrogen and oxygen atoms in total. The lowest BCUT2D eigenvalue weighted by atomic mass is 10.0. The highest BCUT2D eigenvalue weighted by Gasteiger charge is 2.81. The van der Waals surface area contributed by atoms with Crippen molar-refractivity contribution in [2.75, 3.05) is 0 Å². The second kappa shape index (κ2) is 6.06. The van der Waals surface area contributed by atoms with Crippen LogP contribution >= 0.6 is 0 Å². The number of hydrogen-bond acceptors (Lipinski definition) is 3. The third-order valence-electron chi connectivity index (χ3n) is 2.14. The largest absolute Gasteiger partial charge is 0.523 e. The fourth-order valence-corrected chi connectivity index (χ4v) is 1.42. The van der Waals surface area contributed by atoms with Gasteiger partial charge in [0.1, 0.15) is 0 Å². The number of halogens is 13. The molecule has 146 valence electrons. The van der Waals surface area contributed by atoms with Gasteiger partial charge in [-0.2, -0.15) is 61.1 Å². The van der Waals surface area contributed by atoms with E-state index in [0.29, 0.717) is 0 Å². The second-order valence-electron chi connectivity index (χ2n) is 3.96. The van der Waals surface area contributed by atoms with Gasteiger partial charge in [0.15, 0.2) is 0 Å². The summed E-state index contributed by atoms with van der Waals surface area (Å²) in [5, 5.41) is 0. The Kier molecular flexibility index (Phi) is 5.81. The van der Waals surface area contributed by atoms with Crippen molar-refractivity contribution >= 4 is 10.1 Å². The van der Waals surface area contributed by atoms with Crippen molar-refractivity contribution in [3.8, 4) is 0 Å². The van der Waals surface area contributed by atoms with Gasteiger partial charge in [0, 0.05) is 0 Å². The van der Waals surface area contributed by atoms with Crippen LogP contribution < -0.4 is 0 Å². The van der Waals surface area contributed by atoms with E-state index in [4.69, 9.17) is 0 Å². The molecule has 0 heterocycles. The molecule has 0 spiro atoms. The van der Waals surface area contributed by atoms with Gasteiger partial charge in [-0.25, -0.2) is 8.57 Å². The third-order valence-corrected chi connectivity index (χ3v) is 3.17. The molecule has 17 heteroatoms. The Labute approximate surface area is 123 Å². The molecule has 0 saturated heterocycles. The maximum Gasteiger partial charge on any atom is 0.523 e. The summed E-state index contributed by atoms with van der Waals surface area (Å²) in [6.07, 6.45) is -15.3. The Morgan fingerprint density at radius 2 is 1.12 bits per heavy atom. The van der Waals surface area contributed by atoms with Crippen LogP contribution in [0.25, 0.3) is 0 Å². The van der Waals surface area contributed by atoms with E-state index >= 15 is 0 Å². The van der Waals surface area contributed by atoms with Gasteiger partial charge >= 0.3 is 39.6 Å². The Bertz CT molecular complexity index is 545. The molecule has 0 aromatic rings. The predicted octanol–water partition coefficient (Wildman–Crippen LogP) is 4.01. The van der Waals surface area contributed by atoms with Crippen LogP contribution in [0.5, 0.6) is 0 Å². The molecule has 0 N–H and O–H groups in total. The number of rotatable bonds is 6. The molecule has 1 atom stereocenters. The van der Waals surface area contributed by atoms with Crippen molar-refractivity contribution in [3.05, 3.63) is 0 Å². The fraction of sp³-hybridized carbons (Fsp3) is 1.00. The molecule has 0 aromatic carbocycles. The van der Waals surface area contributed by atoms with E-state index in [1.165, 1.54) is 0 Å². The average Bonchev–Trinajstić information content (AvgIpc) is 2.22. The Balaban J connectivity index is 5.49. The SMILES string of the molecule is O=S(=O)(OC(F)CC(F)(F)C(F)(F)C(F)(F)C(F)(F)F)C(F)(F)F. The van der Waals surface area contributed by atoms with Crippen molar-refractivity contribution in [2.45, 2.75) is 42.2 Å². The lowest BCUT2D eigenvalue weighted by molar-refractivity contribution is -0.399. The van der Waals surface area contributed by atoms with Crippen LogP contribution in [0.15, 0.2) is 0 Å². The zero-order chi connectivity index (χ0) is 20.0. The molecule has 0 aliphatic heterocycles. The first-order chi connectivity index (χ1) is 10.1. The Morgan fingerprint density at radius 1 is 0.750 bits per heavy atom. The molecular weight excluding hydrogens is 411 g/mol. The van der Waals surface area contributed by atoms with E-state index in [1.54, 1.807) is 0 Å². The van der Waals surface area contributed by atoms with Gasteiger partial charge in [-0.3, -0.25) is 0 Å². The molecule has 0 saturated carbocycles. The summed E-state index contributed by atoms with van der Waals surface area (Å²) < 4.78 is 181. The summed E-state index contributed by atoms with van der Waals surface area (Å²) in [6, 6.07) is 0. The van der Waals surface area contributed by atoms with Crippen molar-refractivity contribution in [2.24, 2.45) is 0 Å². The molecule has 24 heavy (non-hydrogen) atoms. The average molecular weight is 414 g/mol. The van der Waals surface area contributed by atoms with E-state index in [9.17, 15) is 65.5 Å². The van der Waals surface area contributed by atoms with Crippen LogP contribution in [0.2, 0.25) is 0 Å². The topological polar surface area (TPSA) is 43.4 Å². The van der Waals surface area contributed by atoms with Crippen LogP contribution in [0.4, 0.5) is 57.1 Å². The van der Waals surface area contributed by atoms with Crippen LogP contribution in [0, 0.1) is 0 Å². The summed E-state index contributed by atoms with van der Waals surface area (Å²) in [5.74, 6) is -21.4. The number of alkyl halides is 13. The number of hydrogen-bond donors (Lipinski definition) is 0. The lowest BCUT2D eigenvalue weighted by Gasteiger charge is -2.33. The van der Waals surface area contributed by atoms with Crippen LogP contribution in [0.3, 0.4) is 0 Å². The highest BCUT2D eigenvalue weighted by atomic mass is 32.2. The molecule has 0 aliphatic carbocycles. The van der Waals surface area contributed by atoms with Gasteiger partial charge in [0.05, 0.1) is 6.42 Å². The minimum Gasteiger partial charge on any atom is -0.226 e. The molecule has 0 bridgehead atoms. The Hall–Kier alpha value is -1.00. The minimum atomic E-state index is -7.41. The zero-order valence-electron chi connectivity index (χ0n) is 10.3. The smallest absolute Gasteiger partial charge is 0.226 e. The van der Waals surface area contributed by atoms with Gasteiger partial charge in [-0.1, -0.05) is 0 Å². The van der Waals surface area contributed by atoms with E-state index in [-0.39, 0.29) is 0 Å². The lowest BCUT2D eigenvalue weighted by Crippen LogP contribution is -2.61. The first-order valence-electron chi connectivity index (χ1n) is 4.94. The maximum absolute atomic E-state index is 12.8. The van der Waals surface area contributed by atoms with Gasteiger partial charge in [0.25, 0.3) is 0 Å². The highest BCUT2D eigenvalue weighted by molar-refractivity contribution is 7.87. The predicted molar refractivity (Wildman–Crippen MR) is 46.5 cm³/mol. The van der Waals surface area contributed by atoms with Gasteiger partial charge < -0.3 is 0 Å². The molecule has 0 radical (unpaired) electrons. The first kappa shape index (κ1) is 23.0. The standard InChI is InChI=1S/C7H3F13O3S/c8-2(23-24(21,22)7(18,19)20)1-3(9,10)4(11,12)5(13,14)6(15,16)17/h2H,1H2. The zero-order valence-corrected chi connectivity index (χ0v) is 11.1. The summed E-state index contributed by atoms with van der Waals surface area (Å²) in [6.45, 7) is 0. The van der Waals surface area contributed by atoms with Crippen molar-refractivity contribution in [3.63, 3.8) is 0 Å². The quantitative estimate of drug-likeness (QED) is 0.375. The Morgan fingerprint density at radius 3 is 1.42 bits per heavy atom. The maximum atomic E-state index is 12.8. The highest BCUT2D eigenvalue weighted by Crippen LogP contribution is 2.54. The fourth-order valence-electron chi connectivity index (χ4n) is 0.963. The van der Waals surface area contributed by atoms with Crippen LogP contribution in [0.1, 0.15) is 6.42 Å². The monoisotopic (exact) mass is 414 g/mol. The van der Waals surface area contributed by atoms with Gasteiger partial charge in [0.2, 0.25) is 6.36 Å². The normalized spacial score (nSPS) is 17.0. The van der Waals surface area contributed by atoms with Crippen molar-refractivity contribution < 1.29 is 69.7 Å². The van der Waals surface area contributed by atoms with Crippen LogP contribution in [-0.4, -0.2) is 44.2 Å². The summed E-state index contributed by atoms with van der Waals surface area (Å²) in [7, 11) is -6.94. The van der Waals surface area contributed by atoms with Crippen LogP contribution in [-0.2, 0) is 14.3 Å². The first-order valence-corrected chi connectivity index (χ1v) is 6.35. The molecule has 0 aromatic heterocycles. The minimum absolute atomic E-state index is 2.37. The van der Waals surface area contributed by atoms with E-state index in [2.05, 4.69) is 4.18 Å². The van der Waals surface area contributed by atoms with E-state index < -0.39 is 52.3 Å². The molecule has 0 aliphatic rings.